The maximum atomic E-state index is 12.4. The average Bonchev–Trinajstić information content (AvgIpc) is 2.80. The van der Waals surface area contributed by atoms with Gasteiger partial charge in [-0.1, -0.05) is 0 Å². The Morgan fingerprint density at radius 2 is 1.42 bits per heavy atom. The van der Waals surface area contributed by atoms with E-state index in [4.69, 9.17) is 9.47 Å². The fraction of sp³-hybridized carbons (Fsp3) is 0.130. The Labute approximate surface area is 191 Å². The lowest BCUT2D eigenvalue weighted by Gasteiger charge is -2.02. The second kappa shape index (κ2) is 11.6. The fourth-order valence-corrected chi connectivity index (χ4v) is 2.67. The minimum atomic E-state index is -0.339. The van der Waals surface area contributed by atoms with Crippen LogP contribution in [0.2, 0.25) is 0 Å². The highest BCUT2D eigenvalue weighted by Gasteiger charge is 2.13. The quantitative estimate of drug-likeness (QED) is 0.205. The molecule has 0 aliphatic rings. The summed E-state index contributed by atoms with van der Waals surface area (Å²) in [6.07, 6.45) is 4.92. The number of ketones is 1. The highest BCUT2D eigenvalue weighted by Crippen LogP contribution is 2.12. The molecule has 3 rings (SSSR count). The molecule has 2 aromatic carbocycles. The molecule has 0 atom stereocenters. The highest BCUT2D eigenvalue weighted by molar-refractivity contribution is 5.95. The molecule has 7 nitrogen and oxygen atoms in total. The van der Waals surface area contributed by atoms with E-state index in [1.54, 1.807) is 73.8 Å². The number of nitrogens with zero attached hydrogens (tertiary/aromatic N) is 2. The van der Waals surface area contributed by atoms with Crippen molar-refractivity contribution in [2.45, 2.75) is 6.54 Å². The van der Waals surface area contributed by atoms with Crippen molar-refractivity contribution in [2.75, 3.05) is 14.2 Å². The molecule has 1 aromatic heterocycles. The first-order valence-corrected chi connectivity index (χ1v) is 9.23. The van der Waals surface area contributed by atoms with Gasteiger partial charge in [-0.05, 0) is 54.1 Å². The first-order valence-electron chi connectivity index (χ1n) is 9.23. The first kappa shape index (κ1) is 23.8. The molecule has 0 unspecified atom stereocenters. The highest BCUT2D eigenvalue weighted by atomic mass is 79.9. The molecule has 8 heteroatoms. The van der Waals surface area contributed by atoms with Crippen molar-refractivity contribution < 1.29 is 40.6 Å². The van der Waals surface area contributed by atoms with Gasteiger partial charge >= 0.3 is 0 Å². The second-order valence-electron chi connectivity index (χ2n) is 6.38. The lowest BCUT2D eigenvalue weighted by Crippen LogP contribution is -3.00. The molecule has 31 heavy (non-hydrogen) atoms. The number of nitrogens with one attached hydrogen (secondary N) is 1. The van der Waals surface area contributed by atoms with Gasteiger partial charge in [0, 0.05) is 17.7 Å². The van der Waals surface area contributed by atoms with Crippen LogP contribution in [-0.4, -0.2) is 32.1 Å². The number of halogens is 1. The van der Waals surface area contributed by atoms with Gasteiger partial charge in [0.2, 0.25) is 12.3 Å². The van der Waals surface area contributed by atoms with Gasteiger partial charge in [0.05, 0.1) is 26.0 Å². The van der Waals surface area contributed by atoms with Gasteiger partial charge in [-0.25, -0.2) is 5.43 Å². The van der Waals surface area contributed by atoms with Gasteiger partial charge < -0.3 is 26.5 Å². The number of benzene rings is 2. The summed E-state index contributed by atoms with van der Waals surface area (Å²) in [7, 11) is 3.18. The Bertz CT molecular complexity index is 1030. The third-order valence-corrected chi connectivity index (χ3v) is 4.39. The third-order valence-electron chi connectivity index (χ3n) is 4.39. The summed E-state index contributed by atoms with van der Waals surface area (Å²) in [5.41, 5.74) is 4.35. The van der Waals surface area contributed by atoms with Gasteiger partial charge in [-0.2, -0.15) is 9.67 Å². The van der Waals surface area contributed by atoms with E-state index in [0.717, 1.165) is 11.3 Å². The number of carbonyl (C=O) groups excluding carboxylic acids is 2. The van der Waals surface area contributed by atoms with Crippen LogP contribution in [0.15, 0.2) is 78.2 Å². The minimum Gasteiger partial charge on any atom is -1.00 e. The predicted molar refractivity (Wildman–Crippen MR) is 112 cm³/mol. The molecule has 1 amide bonds. The van der Waals surface area contributed by atoms with Crippen LogP contribution < -0.4 is 36.4 Å². The molecule has 0 aliphatic carbocycles. The third kappa shape index (κ3) is 6.75. The van der Waals surface area contributed by atoms with E-state index in [0.29, 0.717) is 16.9 Å². The van der Waals surface area contributed by atoms with E-state index >= 15 is 0 Å². The number of amides is 1. The Kier molecular flexibility index (Phi) is 8.90. The summed E-state index contributed by atoms with van der Waals surface area (Å²) in [5.74, 6) is 1.07. The lowest BCUT2D eigenvalue weighted by molar-refractivity contribution is -0.683. The topological polar surface area (TPSA) is 80.9 Å². The Morgan fingerprint density at radius 3 is 1.97 bits per heavy atom. The van der Waals surface area contributed by atoms with Gasteiger partial charge in [0.25, 0.3) is 5.91 Å². The zero-order valence-corrected chi connectivity index (χ0v) is 18.7. The van der Waals surface area contributed by atoms with Crippen molar-refractivity contribution in [3.63, 3.8) is 0 Å². The van der Waals surface area contributed by atoms with E-state index in [1.807, 2.05) is 24.3 Å². The van der Waals surface area contributed by atoms with Crippen LogP contribution in [0.3, 0.4) is 0 Å². The van der Waals surface area contributed by atoms with Crippen LogP contribution >= 0.6 is 0 Å². The molecule has 1 N–H and O–H groups in total. The van der Waals surface area contributed by atoms with Crippen LogP contribution in [0.1, 0.15) is 26.3 Å². The van der Waals surface area contributed by atoms with E-state index < -0.39 is 0 Å². The van der Waals surface area contributed by atoms with Crippen LogP contribution in [0.4, 0.5) is 0 Å². The average molecular weight is 484 g/mol. The second-order valence-corrected chi connectivity index (χ2v) is 6.38. The first-order chi connectivity index (χ1) is 14.6. The number of Topliss-reactive ketones (excluding diaryl/α,β-unsaturated/α-hetero) is 1. The van der Waals surface area contributed by atoms with Crippen molar-refractivity contribution in [3.8, 4) is 11.5 Å². The number of hydrazone groups is 1. The standard InChI is InChI=1S/C23H21N3O4.BrH/c1-29-20-7-3-17(4-8-20)15-24-25-23(28)19-11-13-26(14-12-19)16-22(27)18-5-9-21(30-2)10-6-18;/h3-15H,16H2,1-2H3;1H. The van der Waals surface area contributed by atoms with E-state index in [1.165, 1.54) is 0 Å². The van der Waals surface area contributed by atoms with Gasteiger partial charge in [0.15, 0.2) is 12.4 Å². The van der Waals surface area contributed by atoms with Crippen LogP contribution in [0, 0.1) is 0 Å². The molecular formula is C23H22BrN3O4. The summed E-state index contributed by atoms with van der Waals surface area (Å²) < 4.78 is 11.9. The molecule has 0 bridgehead atoms. The SMILES string of the molecule is COc1ccc(/C=N/NC(=O)c2cc[n+](CC(=O)c3ccc(OC)cc3)cc2)cc1.[Br-]. The minimum absolute atomic E-state index is 0. The normalized spacial score (nSPS) is 10.3. The molecule has 3 aromatic rings. The summed E-state index contributed by atoms with van der Waals surface area (Å²) in [5, 5.41) is 3.96. The number of rotatable bonds is 8. The Morgan fingerprint density at radius 1 is 0.871 bits per heavy atom. The number of carbonyl (C=O) groups is 2. The summed E-state index contributed by atoms with van der Waals surface area (Å²) >= 11 is 0. The summed E-state index contributed by atoms with van der Waals surface area (Å²) in [6.45, 7) is 0.170. The van der Waals surface area contributed by atoms with E-state index in [9.17, 15) is 9.59 Å². The molecular weight excluding hydrogens is 462 g/mol. The van der Waals surface area contributed by atoms with Crippen molar-refractivity contribution in [3.05, 3.63) is 89.7 Å². The van der Waals surface area contributed by atoms with Gasteiger partial charge in [0.1, 0.15) is 11.5 Å². The van der Waals surface area contributed by atoms with Crippen molar-refractivity contribution in [1.29, 1.82) is 0 Å². The van der Waals surface area contributed by atoms with Gasteiger partial charge in [-0.3, -0.25) is 9.59 Å². The number of hydrogen-bond acceptors (Lipinski definition) is 5. The fourth-order valence-electron chi connectivity index (χ4n) is 2.67. The van der Waals surface area contributed by atoms with E-state index in [2.05, 4.69) is 10.5 Å². The molecule has 160 valence electrons. The summed E-state index contributed by atoms with van der Waals surface area (Å²) in [6, 6.07) is 17.5. The van der Waals surface area contributed by atoms with Crippen molar-refractivity contribution in [2.24, 2.45) is 5.10 Å². The summed E-state index contributed by atoms with van der Waals surface area (Å²) in [4.78, 5) is 24.6. The van der Waals surface area contributed by atoms with E-state index in [-0.39, 0.29) is 35.2 Å². The molecule has 0 spiro atoms. The zero-order chi connectivity index (χ0) is 21.3. The zero-order valence-electron chi connectivity index (χ0n) is 17.1. The largest absolute Gasteiger partial charge is 1.00 e. The predicted octanol–water partition coefficient (Wildman–Crippen LogP) is -0.358. The number of methoxy groups -OCH3 is 2. The van der Waals surface area contributed by atoms with Crippen LogP contribution in [0.25, 0.3) is 0 Å². The number of hydrogen-bond donors (Lipinski definition) is 1. The maximum absolute atomic E-state index is 12.4. The Hall–Kier alpha value is -3.52. The Balaban J connectivity index is 0.00000341. The molecule has 1 heterocycles. The lowest BCUT2D eigenvalue weighted by atomic mass is 10.1. The molecule has 0 saturated heterocycles. The molecule has 0 saturated carbocycles. The van der Waals surface area contributed by atoms with Crippen LogP contribution in [0.5, 0.6) is 11.5 Å². The molecule has 0 radical (unpaired) electrons. The number of ether oxygens (including phenoxy) is 2. The number of pyridine rings is 1. The molecule has 0 fully saturated rings. The number of aromatic nitrogens is 1. The smallest absolute Gasteiger partial charge is 0.271 e. The van der Waals surface area contributed by atoms with Crippen molar-refractivity contribution >= 4 is 17.9 Å². The van der Waals surface area contributed by atoms with Gasteiger partial charge in [-0.15, -0.1) is 0 Å². The van der Waals surface area contributed by atoms with Crippen molar-refractivity contribution in [1.82, 2.24) is 5.43 Å². The van der Waals surface area contributed by atoms with Crippen LogP contribution in [-0.2, 0) is 6.54 Å². The molecule has 0 aliphatic heterocycles. The maximum Gasteiger partial charge on any atom is 0.271 e. The monoisotopic (exact) mass is 483 g/mol.